The molecule has 0 bridgehead atoms. The molecule has 2 rings (SSSR count). The zero-order chi connectivity index (χ0) is 12.7. The van der Waals surface area contributed by atoms with Crippen molar-refractivity contribution in [3.05, 3.63) is 35.9 Å². The lowest BCUT2D eigenvalue weighted by atomic mass is 10.2. The molecule has 1 fully saturated rings. The summed E-state index contributed by atoms with van der Waals surface area (Å²) in [5, 5.41) is 3.32. The first-order valence-corrected chi connectivity index (χ1v) is 6.73. The van der Waals surface area contributed by atoms with Gasteiger partial charge in [0.15, 0.2) is 0 Å². The van der Waals surface area contributed by atoms with E-state index in [4.69, 9.17) is 9.47 Å². The Balaban J connectivity index is 1.45. The van der Waals surface area contributed by atoms with Crippen LogP contribution in [0.3, 0.4) is 0 Å². The third-order valence-electron chi connectivity index (χ3n) is 3.45. The zero-order valence-corrected chi connectivity index (χ0v) is 11.2. The van der Waals surface area contributed by atoms with Crippen LogP contribution in [0.15, 0.2) is 30.3 Å². The SMILES string of the molecule is CNC1(COCCCOCc2ccccc2)CC1. The van der Waals surface area contributed by atoms with Crippen molar-refractivity contribution in [2.45, 2.75) is 31.4 Å². The maximum Gasteiger partial charge on any atom is 0.0716 e. The molecule has 0 aliphatic heterocycles. The second-order valence-electron chi connectivity index (χ2n) is 4.97. The molecular formula is C15H23NO2. The van der Waals surface area contributed by atoms with Crippen LogP contribution in [-0.4, -0.2) is 32.4 Å². The largest absolute Gasteiger partial charge is 0.379 e. The van der Waals surface area contributed by atoms with Crippen molar-refractivity contribution < 1.29 is 9.47 Å². The van der Waals surface area contributed by atoms with Crippen LogP contribution in [-0.2, 0) is 16.1 Å². The van der Waals surface area contributed by atoms with E-state index in [1.807, 2.05) is 25.2 Å². The van der Waals surface area contributed by atoms with Crippen molar-refractivity contribution >= 4 is 0 Å². The second kappa shape index (κ2) is 6.88. The minimum atomic E-state index is 0.297. The van der Waals surface area contributed by atoms with Crippen LogP contribution >= 0.6 is 0 Å². The molecule has 0 saturated heterocycles. The lowest BCUT2D eigenvalue weighted by Crippen LogP contribution is -2.32. The van der Waals surface area contributed by atoms with Crippen LogP contribution in [0.4, 0.5) is 0 Å². The monoisotopic (exact) mass is 249 g/mol. The molecule has 1 aliphatic carbocycles. The van der Waals surface area contributed by atoms with Crippen LogP contribution in [0.1, 0.15) is 24.8 Å². The van der Waals surface area contributed by atoms with Gasteiger partial charge in [-0.05, 0) is 31.9 Å². The number of benzene rings is 1. The highest BCUT2D eigenvalue weighted by atomic mass is 16.5. The highest BCUT2D eigenvalue weighted by Gasteiger charge is 2.40. The second-order valence-corrected chi connectivity index (χ2v) is 4.97. The van der Waals surface area contributed by atoms with Gasteiger partial charge in [-0.2, -0.15) is 0 Å². The van der Waals surface area contributed by atoms with Gasteiger partial charge in [-0.3, -0.25) is 0 Å². The number of rotatable bonds is 9. The minimum Gasteiger partial charge on any atom is -0.379 e. The van der Waals surface area contributed by atoms with Crippen molar-refractivity contribution in [2.75, 3.05) is 26.9 Å². The molecule has 0 amide bonds. The Morgan fingerprint density at radius 3 is 2.50 bits per heavy atom. The van der Waals surface area contributed by atoms with Crippen LogP contribution in [0.25, 0.3) is 0 Å². The Labute approximate surface area is 109 Å². The van der Waals surface area contributed by atoms with Crippen LogP contribution < -0.4 is 5.32 Å². The first-order valence-electron chi connectivity index (χ1n) is 6.73. The van der Waals surface area contributed by atoms with Crippen LogP contribution in [0.5, 0.6) is 0 Å². The van der Waals surface area contributed by atoms with Gasteiger partial charge in [-0.15, -0.1) is 0 Å². The molecule has 0 unspecified atom stereocenters. The molecule has 1 aliphatic rings. The molecule has 0 heterocycles. The van der Waals surface area contributed by atoms with E-state index in [-0.39, 0.29) is 0 Å². The molecule has 18 heavy (non-hydrogen) atoms. The summed E-state index contributed by atoms with van der Waals surface area (Å²) >= 11 is 0. The highest BCUT2D eigenvalue weighted by Crippen LogP contribution is 2.34. The first kappa shape index (κ1) is 13.5. The van der Waals surface area contributed by atoms with Gasteiger partial charge < -0.3 is 14.8 Å². The fourth-order valence-electron chi connectivity index (χ4n) is 1.91. The van der Waals surface area contributed by atoms with E-state index in [0.29, 0.717) is 12.1 Å². The zero-order valence-electron chi connectivity index (χ0n) is 11.2. The summed E-state index contributed by atoms with van der Waals surface area (Å²) in [6, 6.07) is 10.3. The number of nitrogens with one attached hydrogen (secondary N) is 1. The summed E-state index contributed by atoms with van der Waals surface area (Å²) in [5.74, 6) is 0. The van der Waals surface area contributed by atoms with Crippen LogP contribution in [0.2, 0.25) is 0 Å². The van der Waals surface area contributed by atoms with Gasteiger partial charge in [0.2, 0.25) is 0 Å². The number of hydrogen-bond donors (Lipinski definition) is 1. The summed E-state index contributed by atoms with van der Waals surface area (Å²) in [4.78, 5) is 0. The van der Waals surface area contributed by atoms with E-state index in [1.54, 1.807) is 0 Å². The van der Waals surface area contributed by atoms with Crippen LogP contribution in [0, 0.1) is 0 Å². The van der Waals surface area contributed by atoms with Gasteiger partial charge in [-0.1, -0.05) is 30.3 Å². The third-order valence-corrected chi connectivity index (χ3v) is 3.45. The van der Waals surface area contributed by atoms with E-state index in [2.05, 4.69) is 17.4 Å². The molecular weight excluding hydrogens is 226 g/mol. The Morgan fingerprint density at radius 2 is 1.83 bits per heavy atom. The average Bonchev–Trinajstić information content (AvgIpc) is 3.19. The molecule has 1 aromatic rings. The Hall–Kier alpha value is -0.900. The molecule has 1 aromatic carbocycles. The number of ether oxygens (including phenoxy) is 2. The summed E-state index contributed by atoms with van der Waals surface area (Å²) in [5.41, 5.74) is 1.52. The van der Waals surface area contributed by atoms with E-state index >= 15 is 0 Å². The normalized spacial score (nSPS) is 16.7. The maximum atomic E-state index is 5.66. The molecule has 100 valence electrons. The first-order chi connectivity index (χ1) is 8.85. The molecule has 0 spiro atoms. The minimum absolute atomic E-state index is 0.297. The third kappa shape index (κ3) is 4.41. The van der Waals surface area contributed by atoms with Crippen molar-refractivity contribution in [3.8, 4) is 0 Å². The van der Waals surface area contributed by atoms with Crippen molar-refractivity contribution in [2.24, 2.45) is 0 Å². The Kier molecular flexibility index (Phi) is 5.17. The molecule has 3 nitrogen and oxygen atoms in total. The van der Waals surface area contributed by atoms with E-state index in [0.717, 1.165) is 26.2 Å². The fourth-order valence-corrected chi connectivity index (χ4v) is 1.91. The Bertz CT molecular complexity index is 336. The van der Waals surface area contributed by atoms with Crippen molar-refractivity contribution in [1.82, 2.24) is 5.32 Å². The summed E-state index contributed by atoms with van der Waals surface area (Å²) in [6.07, 6.45) is 3.45. The Morgan fingerprint density at radius 1 is 1.11 bits per heavy atom. The summed E-state index contributed by atoms with van der Waals surface area (Å²) < 4.78 is 11.3. The van der Waals surface area contributed by atoms with E-state index < -0.39 is 0 Å². The predicted molar refractivity (Wildman–Crippen MR) is 72.6 cm³/mol. The highest BCUT2D eigenvalue weighted by molar-refractivity contribution is 5.13. The molecule has 1 N–H and O–H groups in total. The average molecular weight is 249 g/mol. The number of likely N-dealkylation sites (N-methyl/N-ethyl adjacent to an activating group) is 1. The molecule has 0 aromatic heterocycles. The molecule has 3 heteroatoms. The van der Waals surface area contributed by atoms with Gasteiger partial charge >= 0.3 is 0 Å². The van der Waals surface area contributed by atoms with Gasteiger partial charge in [0.05, 0.1) is 13.2 Å². The van der Waals surface area contributed by atoms with Gasteiger partial charge in [0.1, 0.15) is 0 Å². The smallest absolute Gasteiger partial charge is 0.0716 e. The van der Waals surface area contributed by atoms with Crippen molar-refractivity contribution in [1.29, 1.82) is 0 Å². The number of hydrogen-bond acceptors (Lipinski definition) is 3. The van der Waals surface area contributed by atoms with E-state index in [9.17, 15) is 0 Å². The lowest BCUT2D eigenvalue weighted by Gasteiger charge is -2.14. The summed E-state index contributed by atoms with van der Waals surface area (Å²) in [6.45, 7) is 3.09. The standard InChI is InChI=1S/C15H23NO2/c1-16-15(8-9-15)13-18-11-5-10-17-12-14-6-3-2-4-7-14/h2-4,6-7,16H,5,8-13H2,1H3. The maximum absolute atomic E-state index is 5.66. The fraction of sp³-hybridized carbons (Fsp3) is 0.600. The summed E-state index contributed by atoms with van der Waals surface area (Å²) in [7, 11) is 2.01. The van der Waals surface area contributed by atoms with Gasteiger partial charge in [-0.25, -0.2) is 0 Å². The topological polar surface area (TPSA) is 30.5 Å². The van der Waals surface area contributed by atoms with Gasteiger partial charge in [0, 0.05) is 18.8 Å². The van der Waals surface area contributed by atoms with Gasteiger partial charge in [0.25, 0.3) is 0 Å². The van der Waals surface area contributed by atoms with E-state index in [1.165, 1.54) is 18.4 Å². The lowest BCUT2D eigenvalue weighted by molar-refractivity contribution is 0.0647. The predicted octanol–water partition coefficient (Wildman–Crippen LogP) is 2.36. The quantitative estimate of drug-likeness (QED) is 0.682. The van der Waals surface area contributed by atoms with Crippen molar-refractivity contribution in [3.63, 3.8) is 0 Å². The molecule has 0 radical (unpaired) electrons. The molecule has 0 atom stereocenters. The molecule has 1 saturated carbocycles.